The molecule has 1 aromatic heterocycles. The number of hydrogen-bond acceptors (Lipinski definition) is 3. The number of carbonyl (C=O) groups excluding carboxylic acids is 1. The Bertz CT molecular complexity index is 703. The molecule has 2 fully saturated rings. The van der Waals surface area contributed by atoms with Gasteiger partial charge in [-0.3, -0.25) is 10.1 Å². The molecule has 23 heavy (non-hydrogen) atoms. The predicted molar refractivity (Wildman–Crippen MR) is 94.3 cm³/mol. The van der Waals surface area contributed by atoms with Crippen LogP contribution in [0, 0.1) is 5.92 Å². The molecule has 2 heterocycles. The van der Waals surface area contributed by atoms with Gasteiger partial charge in [0.05, 0.1) is 16.6 Å². The van der Waals surface area contributed by atoms with Gasteiger partial charge in [0.25, 0.3) is 0 Å². The second-order valence-corrected chi connectivity index (χ2v) is 6.72. The van der Waals surface area contributed by atoms with Gasteiger partial charge in [0.15, 0.2) is 0 Å². The van der Waals surface area contributed by atoms with Crippen molar-refractivity contribution < 1.29 is 4.79 Å². The van der Waals surface area contributed by atoms with Crippen LogP contribution < -0.4 is 10.6 Å². The van der Waals surface area contributed by atoms with E-state index in [1.807, 2.05) is 12.1 Å². The molecule has 124 valence electrons. The van der Waals surface area contributed by atoms with Gasteiger partial charge < -0.3 is 10.3 Å². The van der Waals surface area contributed by atoms with E-state index in [0.717, 1.165) is 11.9 Å². The molecule has 1 aliphatic heterocycles. The van der Waals surface area contributed by atoms with Crippen molar-refractivity contribution in [2.24, 2.45) is 5.92 Å². The number of para-hydroxylation sites is 1. The van der Waals surface area contributed by atoms with Crippen molar-refractivity contribution in [1.82, 2.24) is 15.3 Å². The average Bonchev–Trinajstić information content (AvgIpc) is 3.11. The van der Waals surface area contributed by atoms with Crippen LogP contribution in [0.5, 0.6) is 0 Å². The van der Waals surface area contributed by atoms with Crippen LogP contribution in [0.4, 0.5) is 5.95 Å². The first-order valence-electron chi connectivity index (χ1n) is 7.92. The van der Waals surface area contributed by atoms with Crippen molar-refractivity contribution >= 4 is 46.9 Å². The van der Waals surface area contributed by atoms with Crippen LogP contribution in [0.25, 0.3) is 11.0 Å². The molecule has 1 aromatic carbocycles. The third-order valence-corrected chi connectivity index (χ3v) is 5.19. The number of hydrogen-bond donors (Lipinski definition) is 3. The molecule has 7 heteroatoms. The summed E-state index contributed by atoms with van der Waals surface area (Å²) >= 11 is 6.11. The number of anilines is 1. The number of benzene rings is 1. The van der Waals surface area contributed by atoms with Gasteiger partial charge in [-0.15, -0.1) is 12.4 Å². The van der Waals surface area contributed by atoms with Crippen LogP contribution in [0.15, 0.2) is 18.2 Å². The second kappa shape index (κ2) is 6.67. The number of nitrogens with one attached hydrogen (secondary N) is 3. The highest BCUT2D eigenvalue weighted by Crippen LogP contribution is 2.33. The number of nitrogens with zero attached hydrogens (tertiary/aromatic N) is 1. The van der Waals surface area contributed by atoms with Crippen LogP contribution in [0.1, 0.15) is 32.1 Å². The first-order valence-corrected chi connectivity index (χ1v) is 8.29. The number of rotatable bonds is 2. The molecular weight excluding hydrogens is 335 g/mol. The van der Waals surface area contributed by atoms with Gasteiger partial charge in [-0.1, -0.05) is 30.5 Å². The largest absolute Gasteiger partial charge is 0.324 e. The van der Waals surface area contributed by atoms with Crippen molar-refractivity contribution in [2.75, 3.05) is 5.32 Å². The third-order valence-electron chi connectivity index (χ3n) is 4.88. The zero-order valence-electron chi connectivity index (χ0n) is 12.6. The smallest absolute Gasteiger partial charge is 0.243 e. The molecule has 0 bridgehead atoms. The standard InChI is InChI=1S/C16H19ClN4O.ClH/c17-10-5-3-7-12-14(10)20-16(19-12)21-15(22)13-8-9-4-1-2-6-11(9)18-13;/h3,5,7,9,11,13,18H,1-2,4,6,8H2,(H2,19,20,21,22);1H. The Balaban J connectivity index is 0.00000156. The van der Waals surface area contributed by atoms with Crippen LogP contribution in [-0.2, 0) is 4.79 Å². The average molecular weight is 355 g/mol. The lowest BCUT2D eigenvalue weighted by molar-refractivity contribution is -0.117. The highest BCUT2D eigenvalue weighted by Gasteiger charge is 2.38. The molecule has 5 nitrogen and oxygen atoms in total. The number of halogens is 2. The Morgan fingerprint density at radius 3 is 2.91 bits per heavy atom. The van der Waals surface area contributed by atoms with E-state index in [-0.39, 0.29) is 24.4 Å². The fourth-order valence-corrected chi connectivity index (χ4v) is 4.00. The topological polar surface area (TPSA) is 69.8 Å². The first kappa shape index (κ1) is 16.6. The summed E-state index contributed by atoms with van der Waals surface area (Å²) in [5.41, 5.74) is 1.52. The fraction of sp³-hybridized carbons (Fsp3) is 0.500. The van der Waals surface area contributed by atoms with E-state index in [1.165, 1.54) is 25.7 Å². The Morgan fingerprint density at radius 2 is 2.13 bits per heavy atom. The Labute approximate surface area is 146 Å². The van der Waals surface area contributed by atoms with Gasteiger partial charge in [0.1, 0.15) is 5.52 Å². The normalized spacial score (nSPS) is 26.6. The van der Waals surface area contributed by atoms with E-state index in [9.17, 15) is 4.79 Å². The number of amides is 1. The maximum atomic E-state index is 12.5. The predicted octanol–water partition coefficient (Wildman–Crippen LogP) is 3.50. The molecule has 3 unspecified atom stereocenters. The summed E-state index contributed by atoms with van der Waals surface area (Å²) in [4.78, 5) is 19.9. The molecule has 0 spiro atoms. The quantitative estimate of drug-likeness (QED) is 0.772. The minimum Gasteiger partial charge on any atom is -0.324 e. The SMILES string of the molecule is Cl.O=C(Nc1nc2c(Cl)cccc2[nH]1)C1CC2CCCCC2N1. The van der Waals surface area contributed by atoms with Gasteiger partial charge >= 0.3 is 0 Å². The van der Waals surface area contributed by atoms with Crippen molar-refractivity contribution in [3.8, 4) is 0 Å². The minimum absolute atomic E-state index is 0. The molecule has 2 aromatic rings. The van der Waals surface area contributed by atoms with E-state index in [0.29, 0.717) is 28.4 Å². The van der Waals surface area contributed by atoms with Crippen LogP contribution in [0.2, 0.25) is 5.02 Å². The summed E-state index contributed by atoms with van der Waals surface area (Å²) in [6, 6.07) is 5.94. The van der Waals surface area contributed by atoms with E-state index < -0.39 is 0 Å². The van der Waals surface area contributed by atoms with Gasteiger partial charge in [-0.05, 0) is 37.3 Å². The molecule has 4 rings (SSSR count). The molecule has 1 saturated carbocycles. The van der Waals surface area contributed by atoms with Crippen LogP contribution in [-0.4, -0.2) is 28.0 Å². The molecular formula is C16H20Cl2N4O. The molecule has 0 radical (unpaired) electrons. The summed E-state index contributed by atoms with van der Waals surface area (Å²) in [5, 5.41) is 6.94. The lowest BCUT2D eigenvalue weighted by Gasteiger charge is -2.24. The van der Waals surface area contributed by atoms with Crippen molar-refractivity contribution in [1.29, 1.82) is 0 Å². The molecule has 1 saturated heterocycles. The number of imidazole rings is 1. The number of fused-ring (bicyclic) bond motifs is 2. The van der Waals surface area contributed by atoms with Crippen molar-refractivity contribution in [3.63, 3.8) is 0 Å². The molecule has 3 atom stereocenters. The van der Waals surface area contributed by atoms with E-state index in [4.69, 9.17) is 11.6 Å². The summed E-state index contributed by atoms with van der Waals surface area (Å²) in [6.07, 6.45) is 5.91. The maximum Gasteiger partial charge on any atom is 0.243 e. The monoisotopic (exact) mass is 354 g/mol. The van der Waals surface area contributed by atoms with Gasteiger partial charge in [-0.2, -0.15) is 0 Å². The number of aromatic nitrogens is 2. The van der Waals surface area contributed by atoms with Crippen molar-refractivity contribution in [2.45, 2.75) is 44.2 Å². The van der Waals surface area contributed by atoms with Gasteiger partial charge in [0, 0.05) is 6.04 Å². The Morgan fingerprint density at radius 1 is 1.30 bits per heavy atom. The number of aromatic amines is 1. The summed E-state index contributed by atoms with van der Waals surface area (Å²) < 4.78 is 0. The highest BCUT2D eigenvalue weighted by molar-refractivity contribution is 6.35. The first-order chi connectivity index (χ1) is 10.7. The number of H-pyrrole nitrogens is 1. The summed E-state index contributed by atoms with van der Waals surface area (Å²) in [7, 11) is 0. The Kier molecular flexibility index (Phi) is 4.80. The molecule has 1 amide bonds. The lowest BCUT2D eigenvalue weighted by atomic mass is 9.85. The molecule has 3 N–H and O–H groups in total. The lowest BCUT2D eigenvalue weighted by Crippen LogP contribution is -2.40. The van der Waals surface area contributed by atoms with Crippen LogP contribution in [0.3, 0.4) is 0 Å². The van der Waals surface area contributed by atoms with E-state index >= 15 is 0 Å². The minimum atomic E-state index is -0.114. The molecule has 2 aliphatic rings. The van der Waals surface area contributed by atoms with E-state index in [2.05, 4.69) is 20.6 Å². The zero-order valence-corrected chi connectivity index (χ0v) is 14.2. The van der Waals surface area contributed by atoms with Gasteiger partial charge in [-0.25, -0.2) is 4.98 Å². The zero-order chi connectivity index (χ0) is 15.1. The van der Waals surface area contributed by atoms with E-state index in [1.54, 1.807) is 6.07 Å². The molecule has 1 aliphatic carbocycles. The van der Waals surface area contributed by atoms with Crippen LogP contribution >= 0.6 is 24.0 Å². The maximum absolute atomic E-state index is 12.5. The fourth-order valence-electron chi connectivity index (χ4n) is 3.78. The number of carbonyl (C=O) groups is 1. The second-order valence-electron chi connectivity index (χ2n) is 6.32. The Hall–Kier alpha value is -1.30. The summed E-state index contributed by atoms with van der Waals surface area (Å²) in [6.45, 7) is 0. The highest BCUT2D eigenvalue weighted by atomic mass is 35.5. The van der Waals surface area contributed by atoms with Gasteiger partial charge in [0.2, 0.25) is 11.9 Å². The summed E-state index contributed by atoms with van der Waals surface area (Å²) in [5.74, 6) is 1.10. The third kappa shape index (κ3) is 3.18. The van der Waals surface area contributed by atoms with Crippen molar-refractivity contribution in [3.05, 3.63) is 23.2 Å².